The number of fused-ring (bicyclic) bond motifs is 1. The average molecular weight is 408 g/mol. The quantitative estimate of drug-likeness (QED) is 0.490. The van der Waals surface area contributed by atoms with Gasteiger partial charge in [-0.25, -0.2) is 4.79 Å². The van der Waals surface area contributed by atoms with E-state index in [-0.39, 0.29) is 17.4 Å². The highest BCUT2D eigenvalue weighted by atomic mass is 16.5. The maximum Gasteiger partial charge on any atom is 0.339 e. The van der Waals surface area contributed by atoms with Crippen LogP contribution in [-0.4, -0.2) is 28.7 Å². The highest BCUT2D eigenvalue weighted by Gasteiger charge is 2.18. The zero-order valence-electron chi connectivity index (χ0n) is 17.6. The Bertz CT molecular complexity index is 1050. The number of aromatic carboxylic acids is 1. The highest BCUT2D eigenvalue weighted by Crippen LogP contribution is 2.32. The number of hydrogen-bond acceptors (Lipinski definition) is 3. The molecule has 3 aromatic rings. The summed E-state index contributed by atoms with van der Waals surface area (Å²) in [6.45, 7) is 4.16. The standard InChI is InChI=1S/C24H28N2O4/c1-4-6-8-16(5-2)23(27)25-18-12-11-17-13-14-26(21(17)15-18)20-10-7-9-19(24(28)29)22(20)30-3/h7,9-16H,4-6,8H2,1-3H3,(H,25,27)(H,28,29). The van der Waals surface area contributed by atoms with Gasteiger partial charge < -0.3 is 19.7 Å². The average Bonchev–Trinajstić information content (AvgIpc) is 3.16. The Morgan fingerprint density at radius 2 is 1.97 bits per heavy atom. The number of carboxylic acid groups (broad SMARTS) is 1. The molecule has 1 amide bonds. The van der Waals surface area contributed by atoms with Crippen molar-refractivity contribution in [2.24, 2.45) is 5.92 Å². The number of nitrogens with zero attached hydrogens (tertiary/aromatic N) is 1. The molecule has 2 N–H and O–H groups in total. The number of carbonyl (C=O) groups excluding carboxylic acids is 1. The molecule has 0 fully saturated rings. The first-order chi connectivity index (χ1) is 14.5. The molecule has 0 aliphatic heterocycles. The molecule has 0 saturated heterocycles. The number of ether oxygens (including phenoxy) is 1. The van der Waals surface area contributed by atoms with Gasteiger partial charge in [0.15, 0.2) is 5.75 Å². The summed E-state index contributed by atoms with van der Waals surface area (Å²) in [5, 5.41) is 13.5. The van der Waals surface area contributed by atoms with Crippen LogP contribution in [0.5, 0.6) is 5.75 Å². The predicted molar refractivity (Wildman–Crippen MR) is 119 cm³/mol. The van der Waals surface area contributed by atoms with Crippen LogP contribution >= 0.6 is 0 Å². The summed E-state index contributed by atoms with van der Waals surface area (Å²) in [5.74, 6) is -0.716. The number of rotatable bonds is 9. The molecule has 1 atom stereocenters. The van der Waals surface area contributed by atoms with E-state index in [0.717, 1.165) is 42.3 Å². The van der Waals surface area contributed by atoms with E-state index in [1.165, 1.54) is 13.2 Å². The van der Waals surface area contributed by atoms with Gasteiger partial charge in [-0.15, -0.1) is 0 Å². The number of benzene rings is 2. The van der Waals surface area contributed by atoms with Crippen LogP contribution in [0.4, 0.5) is 5.69 Å². The van der Waals surface area contributed by atoms with Crippen molar-refractivity contribution in [3.8, 4) is 11.4 Å². The van der Waals surface area contributed by atoms with Crippen LogP contribution in [0.1, 0.15) is 49.9 Å². The molecule has 0 aliphatic rings. The van der Waals surface area contributed by atoms with Crippen molar-refractivity contribution in [1.29, 1.82) is 0 Å². The first-order valence-electron chi connectivity index (χ1n) is 10.3. The monoisotopic (exact) mass is 408 g/mol. The van der Waals surface area contributed by atoms with Crippen LogP contribution in [0.25, 0.3) is 16.6 Å². The third-order valence-electron chi connectivity index (χ3n) is 5.42. The first-order valence-corrected chi connectivity index (χ1v) is 10.3. The number of aromatic nitrogens is 1. The highest BCUT2D eigenvalue weighted by molar-refractivity contribution is 5.96. The van der Waals surface area contributed by atoms with Gasteiger partial charge in [-0.3, -0.25) is 4.79 Å². The van der Waals surface area contributed by atoms with E-state index in [2.05, 4.69) is 12.2 Å². The molecule has 1 heterocycles. The number of carbonyl (C=O) groups is 2. The Morgan fingerprint density at radius 1 is 1.17 bits per heavy atom. The molecule has 158 valence electrons. The van der Waals surface area contributed by atoms with Crippen molar-refractivity contribution in [2.75, 3.05) is 12.4 Å². The Hall–Kier alpha value is -3.28. The van der Waals surface area contributed by atoms with E-state index in [1.54, 1.807) is 6.07 Å². The van der Waals surface area contributed by atoms with Crippen molar-refractivity contribution in [1.82, 2.24) is 4.57 Å². The molecule has 0 radical (unpaired) electrons. The summed E-state index contributed by atoms with van der Waals surface area (Å²) in [4.78, 5) is 24.3. The van der Waals surface area contributed by atoms with Gasteiger partial charge in [0.25, 0.3) is 0 Å². The number of hydrogen-bond donors (Lipinski definition) is 2. The second-order valence-corrected chi connectivity index (χ2v) is 7.36. The summed E-state index contributed by atoms with van der Waals surface area (Å²) in [5.41, 5.74) is 2.30. The number of unbranched alkanes of at least 4 members (excludes halogenated alkanes) is 1. The van der Waals surface area contributed by atoms with Crippen LogP contribution in [0.2, 0.25) is 0 Å². The predicted octanol–water partition coefficient (Wildman–Crippen LogP) is 5.49. The molecule has 6 heteroatoms. The zero-order valence-corrected chi connectivity index (χ0v) is 17.6. The topological polar surface area (TPSA) is 80.6 Å². The molecular formula is C24H28N2O4. The zero-order chi connectivity index (χ0) is 21.7. The fourth-order valence-electron chi connectivity index (χ4n) is 3.73. The number of methoxy groups -OCH3 is 1. The maximum absolute atomic E-state index is 12.7. The number of nitrogens with one attached hydrogen (secondary N) is 1. The van der Waals surface area contributed by atoms with Crippen LogP contribution in [0.15, 0.2) is 48.7 Å². The van der Waals surface area contributed by atoms with Crippen molar-refractivity contribution in [3.63, 3.8) is 0 Å². The molecule has 30 heavy (non-hydrogen) atoms. The first kappa shape index (κ1) is 21.4. The van der Waals surface area contributed by atoms with Gasteiger partial charge in [0.2, 0.25) is 5.91 Å². The van der Waals surface area contributed by atoms with Crippen molar-refractivity contribution < 1.29 is 19.4 Å². The van der Waals surface area contributed by atoms with Crippen LogP contribution < -0.4 is 10.1 Å². The molecule has 2 aromatic carbocycles. The SMILES string of the molecule is CCCCC(CC)C(=O)Nc1ccc2ccn(-c3cccc(C(=O)O)c3OC)c2c1. The van der Waals surface area contributed by atoms with E-state index in [9.17, 15) is 14.7 Å². The Morgan fingerprint density at radius 3 is 2.63 bits per heavy atom. The van der Waals surface area contributed by atoms with Crippen LogP contribution in [-0.2, 0) is 4.79 Å². The van der Waals surface area contributed by atoms with Crippen LogP contribution in [0.3, 0.4) is 0 Å². The minimum atomic E-state index is -1.05. The van der Waals surface area contributed by atoms with E-state index < -0.39 is 5.97 Å². The second kappa shape index (κ2) is 9.48. The molecule has 0 aliphatic carbocycles. The number of amides is 1. The molecule has 6 nitrogen and oxygen atoms in total. The Labute approximate surface area is 176 Å². The van der Waals surface area contributed by atoms with Gasteiger partial charge in [0.05, 0.1) is 18.3 Å². The lowest BCUT2D eigenvalue weighted by Gasteiger charge is -2.16. The van der Waals surface area contributed by atoms with Gasteiger partial charge >= 0.3 is 5.97 Å². The fourth-order valence-corrected chi connectivity index (χ4v) is 3.73. The van der Waals surface area contributed by atoms with Crippen molar-refractivity contribution in [3.05, 3.63) is 54.2 Å². The minimum Gasteiger partial charge on any atom is -0.494 e. The van der Waals surface area contributed by atoms with Gasteiger partial charge in [-0.1, -0.05) is 38.8 Å². The molecule has 0 spiro atoms. The minimum absolute atomic E-state index is 0.000209. The molecule has 0 saturated carbocycles. The van der Waals surface area contributed by atoms with Gasteiger partial charge in [0, 0.05) is 23.2 Å². The van der Waals surface area contributed by atoms with Gasteiger partial charge in [-0.05, 0) is 43.2 Å². The van der Waals surface area contributed by atoms with E-state index in [0.29, 0.717) is 11.4 Å². The lowest BCUT2D eigenvalue weighted by molar-refractivity contribution is -0.120. The Kier molecular flexibility index (Phi) is 6.77. The molecular weight excluding hydrogens is 380 g/mol. The van der Waals surface area contributed by atoms with E-state index in [4.69, 9.17) is 4.74 Å². The maximum atomic E-state index is 12.7. The fraction of sp³-hybridized carbons (Fsp3) is 0.333. The number of carboxylic acids is 1. The van der Waals surface area contributed by atoms with E-state index in [1.807, 2.05) is 48.0 Å². The summed E-state index contributed by atoms with van der Waals surface area (Å²) in [6.07, 6.45) is 5.67. The van der Waals surface area contributed by atoms with E-state index >= 15 is 0 Å². The third kappa shape index (κ3) is 4.32. The third-order valence-corrected chi connectivity index (χ3v) is 5.42. The normalized spacial score (nSPS) is 12.0. The molecule has 1 unspecified atom stereocenters. The van der Waals surface area contributed by atoms with Gasteiger partial charge in [-0.2, -0.15) is 0 Å². The molecule has 0 bridgehead atoms. The largest absolute Gasteiger partial charge is 0.494 e. The number of anilines is 1. The van der Waals surface area contributed by atoms with Crippen molar-refractivity contribution >= 4 is 28.5 Å². The lowest BCUT2D eigenvalue weighted by atomic mass is 9.98. The molecule has 3 rings (SSSR count). The summed E-state index contributed by atoms with van der Waals surface area (Å²) < 4.78 is 7.30. The van der Waals surface area contributed by atoms with Crippen molar-refractivity contribution in [2.45, 2.75) is 39.5 Å². The Balaban J connectivity index is 1.98. The summed E-state index contributed by atoms with van der Waals surface area (Å²) in [6, 6.07) is 12.7. The molecule has 1 aromatic heterocycles. The lowest BCUT2D eigenvalue weighted by Crippen LogP contribution is -2.22. The summed E-state index contributed by atoms with van der Waals surface area (Å²) >= 11 is 0. The smallest absolute Gasteiger partial charge is 0.339 e. The summed E-state index contributed by atoms with van der Waals surface area (Å²) in [7, 11) is 1.46. The second-order valence-electron chi connectivity index (χ2n) is 7.36. The number of para-hydroxylation sites is 1. The van der Waals surface area contributed by atoms with Crippen LogP contribution in [0, 0.1) is 5.92 Å². The van der Waals surface area contributed by atoms with Gasteiger partial charge in [0.1, 0.15) is 5.56 Å².